The van der Waals surface area contributed by atoms with Gasteiger partial charge in [-0.3, -0.25) is 0 Å². The molecule has 0 fully saturated rings. The fourth-order valence-electron chi connectivity index (χ4n) is 1.16. The number of benzene rings is 1. The van der Waals surface area contributed by atoms with Crippen LogP contribution in [0, 0.1) is 0 Å². The lowest BCUT2D eigenvalue weighted by Gasteiger charge is -2.07. The van der Waals surface area contributed by atoms with E-state index < -0.39 is 6.10 Å². The standard InChI is InChI=1S/C11H14O4/c1-2-15-11(14)9-5-3-8(4-6-9)10(13)7-12/h3-6,10,12-13H,2,7H2,1H3. The molecule has 0 aromatic heterocycles. The molecule has 0 spiro atoms. The zero-order valence-electron chi connectivity index (χ0n) is 8.51. The maximum Gasteiger partial charge on any atom is 0.338 e. The lowest BCUT2D eigenvalue weighted by atomic mass is 10.1. The molecule has 1 aromatic carbocycles. The summed E-state index contributed by atoms with van der Waals surface area (Å²) in [5.41, 5.74) is 1.01. The van der Waals surface area contributed by atoms with Crippen LogP contribution in [0.5, 0.6) is 0 Å². The zero-order valence-corrected chi connectivity index (χ0v) is 8.51. The normalized spacial score (nSPS) is 12.2. The molecule has 1 aromatic rings. The highest BCUT2D eigenvalue weighted by molar-refractivity contribution is 5.89. The van der Waals surface area contributed by atoms with Crippen LogP contribution in [0.1, 0.15) is 28.9 Å². The van der Waals surface area contributed by atoms with E-state index in [1.165, 1.54) is 0 Å². The van der Waals surface area contributed by atoms with E-state index in [1.54, 1.807) is 31.2 Å². The van der Waals surface area contributed by atoms with E-state index in [-0.39, 0.29) is 12.6 Å². The summed E-state index contributed by atoms with van der Waals surface area (Å²) in [5.74, 6) is -0.387. The Morgan fingerprint density at radius 3 is 2.47 bits per heavy atom. The van der Waals surface area contributed by atoms with Crippen molar-refractivity contribution in [2.45, 2.75) is 13.0 Å². The molecule has 4 heteroatoms. The number of ether oxygens (including phenoxy) is 1. The summed E-state index contributed by atoms with van der Waals surface area (Å²) in [6, 6.07) is 6.30. The van der Waals surface area contributed by atoms with Gasteiger partial charge in [-0.2, -0.15) is 0 Å². The summed E-state index contributed by atoms with van der Waals surface area (Å²) in [6.45, 7) is 1.74. The summed E-state index contributed by atoms with van der Waals surface area (Å²) in [7, 11) is 0. The molecule has 4 nitrogen and oxygen atoms in total. The van der Waals surface area contributed by atoms with E-state index in [0.29, 0.717) is 17.7 Å². The van der Waals surface area contributed by atoms with E-state index in [4.69, 9.17) is 9.84 Å². The Kier molecular flexibility index (Phi) is 4.27. The minimum atomic E-state index is -0.902. The maximum atomic E-state index is 11.3. The highest BCUT2D eigenvalue weighted by Crippen LogP contribution is 2.13. The van der Waals surface area contributed by atoms with E-state index in [2.05, 4.69) is 0 Å². The van der Waals surface area contributed by atoms with Crippen molar-refractivity contribution in [1.29, 1.82) is 0 Å². The van der Waals surface area contributed by atoms with Gasteiger partial charge in [0.05, 0.1) is 18.8 Å². The van der Waals surface area contributed by atoms with Gasteiger partial charge >= 0.3 is 5.97 Å². The summed E-state index contributed by atoms with van der Waals surface area (Å²) in [4.78, 5) is 11.3. The van der Waals surface area contributed by atoms with Crippen LogP contribution in [0.15, 0.2) is 24.3 Å². The SMILES string of the molecule is CCOC(=O)c1ccc(C(O)CO)cc1. The predicted octanol–water partition coefficient (Wildman–Crippen LogP) is 0.889. The second kappa shape index (κ2) is 5.48. The molecule has 0 aliphatic rings. The molecule has 1 unspecified atom stereocenters. The number of aliphatic hydroxyl groups is 2. The van der Waals surface area contributed by atoms with Crippen LogP contribution in [0.2, 0.25) is 0 Å². The lowest BCUT2D eigenvalue weighted by Crippen LogP contribution is -2.06. The molecule has 2 N–H and O–H groups in total. The van der Waals surface area contributed by atoms with Gasteiger partial charge in [0, 0.05) is 0 Å². The molecule has 0 amide bonds. The number of hydrogen-bond donors (Lipinski definition) is 2. The number of esters is 1. The summed E-state index contributed by atoms with van der Waals surface area (Å²) >= 11 is 0. The van der Waals surface area contributed by atoms with Gasteiger partial charge in [-0.05, 0) is 24.6 Å². The van der Waals surface area contributed by atoms with Gasteiger partial charge in [-0.25, -0.2) is 4.79 Å². The number of hydrogen-bond acceptors (Lipinski definition) is 4. The Morgan fingerprint density at radius 2 is 2.00 bits per heavy atom. The minimum Gasteiger partial charge on any atom is -0.462 e. The third kappa shape index (κ3) is 3.04. The van der Waals surface area contributed by atoms with E-state index in [9.17, 15) is 9.90 Å². The molecule has 1 atom stereocenters. The zero-order chi connectivity index (χ0) is 11.3. The molecular weight excluding hydrogens is 196 g/mol. The molecule has 0 bridgehead atoms. The third-order valence-corrected chi connectivity index (χ3v) is 1.98. The van der Waals surface area contributed by atoms with E-state index >= 15 is 0 Å². The highest BCUT2D eigenvalue weighted by atomic mass is 16.5. The van der Waals surface area contributed by atoms with Crippen molar-refractivity contribution in [2.24, 2.45) is 0 Å². The third-order valence-electron chi connectivity index (χ3n) is 1.98. The van der Waals surface area contributed by atoms with Gasteiger partial charge < -0.3 is 14.9 Å². The van der Waals surface area contributed by atoms with Gasteiger partial charge in [0.25, 0.3) is 0 Å². The first kappa shape index (κ1) is 11.7. The van der Waals surface area contributed by atoms with Crippen LogP contribution >= 0.6 is 0 Å². The van der Waals surface area contributed by atoms with Gasteiger partial charge in [0.15, 0.2) is 0 Å². The molecule has 1 rings (SSSR count). The first-order valence-electron chi connectivity index (χ1n) is 4.75. The maximum absolute atomic E-state index is 11.3. The smallest absolute Gasteiger partial charge is 0.338 e. The molecule has 82 valence electrons. The number of rotatable bonds is 4. The Bertz CT molecular complexity index is 318. The second-order valence-electron chi connectivity index (χ2n) is 3.04. The molecule has 0 aliphatic heterocycles. The van der Waals surface area contributed by atoms with Crippen molar-refractivity contribution in [3.8, 4) is 0 Å². The number of carbonyl (C=O) groups excluding carboxylic acids is 1. The highest BCUT2D eigenvalue weighted by Gasteiger charge is 2.08. The summed E-state index contributed by atoms with van der Waals surface area (Å²) in [6.07, 6.45) is -0.902. The van der Waals surface area contributed by atoms with Crippen LogP contribution in [-0.4, -0.2) is 29.4 Å². The second-order valence-corrected chi connectivity index (χ2v) is 3.04. The van der Waals surface area contributed by atoms with Gasteiger partial charge in [-0.1, -0.05) is 12.1 Å². The summed E-state index contributed by atoms with van der Waals surface area (Å²) in [5, 5.41) is 18.0. The largest absolute Gasteiger partial charge is 0.462 e. The Labute approximate surface area is 88.1 Å². The molecular formula is C11H14O4. The quantitative estimate of drug-likeness (QED) is 0.724. The van der Waals surface area contributed by atoms with Crippen molar-refractivity contribution in [3.05, 3.63) is 35.4 Å². The van der Waals surface area contributed by atoms with E-state index in [1.807, 2.05) is 0 Å². The topological polar surface area (TPSA) is 66.8 Å². The van der Waals surface area contributed by atoms with Crippen molar-refractivity contribution in [2.75, 3.05) is 13.2 Å². The lowest BCUT2D eigenvalue weighted by molar-refractivity contribution is 0.0526. The molecule has 0 saturated carbocycles. The molecule has 0 aliphatic carbocycles. The van der Waals surface area contributed by atoms with Crippen molar-refractivity contribution < 1.29 is 19.7 Å². The van der Waals surface area contributed by atoms with Crippen LogP contribution in [0.25, 0.3) is 0 Å². The summed E-state index contributed by atoms with van der Waals surface area (Å²) < 4.78 is 4.80. The monoisotopic (exact) mass is 210 g/mol. The van der Waals surface area contributed by atoms with Crippen molar-refractivity contribution >= 4 is 5.97 Å². The van der Waals surface area contributed by atoms with E-state index in [0.717, 1.165) is 0 Å². The average Bonchev–Trinajstić information content (AvgIpc) is 2.28. The van der Waals surface area contributed by atoms with Crippen LogP contribution < -0.4 is 0 Å². The molecule has 0 saturated heterocycles. The van der Waals surface area contributed by atoms with Crippen LogP contribution in [0.4, 0.5) is 0 Å². The average molecular weight is 210 g/mol. The number of carbonyl (C=O) groups is 1. The first-order chi connectivity index (χ1) is 7.19. The van der Waals surface area contributed by atoms with Gasteiger partial charge in [-0.15, -0.1) is 0 Å². The van der Waals surface area contributed by atoms with Crippen molar-refractivity contribution in [1.82, 2.24) is 0 Å². The van der Waals surface area contributed by atoms with Crippen LogP contribution in [-0.2, 0) is 4.74 Å². The fourth-order valence-corrected chi connectivity index (χ4v) is 1.16. The Balaban J connectivity index is 2.76. The fraction of sp³-hybridized carbons (Fsp3) is 0.364. The molecule has 0 radical (unpaired) electrons. The van der Waals surface area contributed by atoms with Gasteiger partial charge in [0.2, 0.25) is 0 Å². The first-order valence-corrected chi connectivity index (χ1v) is 4.75. The van der Waals surface area contributed by atoms with Crippen molar-refractivity contribution in [3.63, 3.8) is 0 Å². The Hall–Kier alpha value is -1.39. The Morgan fingerprint density at radius 1 is 1.40 bits per heavy atom. The molecule has 15 heavy (non-hydrogen) atoms. The van der Waals surface area contributed by atoms with Gasteiger partial charge in [0.1, 0.15) is 6.10 Å². The minimum absolute atomic E-state index is 0.333. The molecule has 0 heterocycles. The number of aliphatic hydroxyl groups excluding tert-OH is 2. The predicted molar refractivity (Wildman–Crippen MR) is 54.4 cm³/mol. The van der Waals surface area contributed by atoms with Crippen LogP contribution in [0.3, 0.4) is 0 Å².